The summed E-state index contributed by atoms with van der Waals surface area (Å²) in [6.45, 7) is 19.0. The SMILES string of the molecule is CCCCC(CC)(CO)OCCOc1ccc(C(C)(C)CC)cc1C(C)(C)CC. The molecule has 0 aliphatic carbocycles. The van der Waals surface area contributed by atoms with Gasteiger partial charge in [0, 0.05) is 5.56 Å². The van der Waals surface area contributed by atoms with Crippen molar-refractivity contribution in [2.45, 2.75) is 110 Å². The van der Waals surface area contributed by atoms with Crippen LogP contribution in [0.5, 0.6) is 5.75 Å². The quantitative estimate of drug-likeness (QED) is 0.346. The summed E-state index contributed by atoms with van der Waals surface area (Å²) in [6, 6.07) is 6.68. The smallest absolute Gasteiger partial charge is 0.123 e. The topological polar surface area (TPSA) is 38.7 Å². The number of benzene rings is 1. The standard InChI is InChI=1S/C26H46O3/c1-9-13-16-26(12-4,20-27)29-18-17-28-23-15-14-21(24(5,6)10-2)19-22(23)25(7,8)11-3/h14-15,19,27H,9-13,16-18,20H2,1-8H3. The van der Waals surface area contributed by atoms with Crippen LogP contribution in [0.4, 0.5) is 0 Å². The third kappa shape index (κ3) is 7.00. The van der Waals surface area contributed by atoms with Crippen molar-refractivity contribution in [2.24, 2.45) is 0 Å². The molecule has 0 spiro atoms. The van der Waals surface area contributed by atoms with Crippen LogP contribution in [0.25, 0.3) is 0 Å². The van der Waals surface area contributed by atoms with Gasteiger partial charge >= 0.3 is 0 Å². The molecule has 3 heteroatoms. The summed E-state index contributed by atoms with van der Waals surface area (Å²) in [5.41, 5.74) is 2.41. The summed E-state index contributed by atoms with van der Waals surface area (Å²) < 4.78 is 12.3. The summed E-state index contributed by atoms with van der Waals surface area (Å²) >= 11 is 0. The first-order valence-electron chi connectivity index (χ1n) is 11.6. The molecule has 0 radical (unpaired) electrons. The van der Waals surface area contributed by atoms with E-state index in [0.717, 1.165) is 44.3 Å². The van der Waals surface area contributed by atoms with E-state index in [1.54, 1.807) is 0 Å². The van der Waals surface area contributed by atoms with Gasteiger partial charge < -0.3 is 14.6 Å². The van der Waals surface area contributed by atoms with E-state index >= 15 is 0 Å². The monoisotopic (exact) mass is 406 g/mol. The van der Waals surface area contributed by atoms with Gasteiger partial charge in [-0.05, 0) is 48.1 Å². The predicted molar refractivity (Wildman–Crippen MR) is 124 cm³/mol. The van der Waals surface area contributed by atoms with Crippen molar-refractivity contribution in [3.8, 4) is 5.75 Å². The van der Waals surface area contributed by atoms with Crippen molar-refractivity contribution >= 4 is 0 Å². The molecular weight excluding hydrogens is 360 g/mol. The van der Waals surface area contributed by atoms with Gasteiger partial charge in [-0.3, -0.25) is 0 Å². The first-order valence-corrected chi connectivity index (χ1v) is 11.6. The van der Waals surface area contributed by atoms with Crippen LogP contribution < -0.4 is 4.74 Å². The number of aliphatic hydroxyl groups is 1. The average Bonchev–Trinajstić information content (AvgIpc) is 2.73. The largest absolute Gasteiger partial charge is 0.491 e. The lowest BCUT2D eigenvalue weighted by Crippen LogP contribution is -2.37. The molecule has 1 aromatic carbocycles. The highest BCUT2D eigenvalue weighted by Gasteiger charge is 2.28. The Morgan fingerprint density at radius 3 is 2.03 bits per heavy atom. The second-order valence-electron chi connectivity index (χ2n) is 9.68. The first kappa shape index (κ1) is 26.0. The lowest BCUT2D eigenvalue weighted by molar-refractivity contribution is -0.0948. The van der Waals surface area contributed by atoms with E-state index < -0.39 is 5.60 Å². The molecule has 168 valence electrons. The van der Waals surface area contributed by atoms with Crippen LogP contribution in [0, 0.1) is 0 Å². The molecule has 1 aromatic rings. The Balaban J connectivity index is 2.93. The van der Waals surface area contributed by atoms with E-state index in [-0.39, 0.29) is 17.4 Å². The maximum absolute atomic E-state index is 9.87. The molecule has 1 unspecified atom stereocenters. The Morgan fingerprint density at radius 2 is 1.52 bits per heavy atom. The number of hydrogen-bond donors (Lipinski definition) is 1. The van der Waals surface area contributed by atoms with Gasteiger partial charge in [-0.2, -0.15) is 0 Å². The fraction of sp³-hybridized carbons (Fsp3) is 0.769. The summed E-state index contributed by atoms with van der Waals surface area (Å²) in [6.07, 6.45) is 6.04. The highest BCUT2D eigenvalue weighted by molar-refractivity contribution is 5.44. The molecule has 3 nitrogen and oxygen atoms in total. The molecular formula is C26H46O3. The molecule has 0 saturated heterocycles. The molecule has 1 rings (SSSR count). The van der Waals surface area contributed by atoms with Gasteiger partial charge in [-0.15, -0.1) is 0 Å². The van der Waals surface area contributed by atoms with Crippen LogP contribution in [0.2, 0.25) is 0 Å². The van der Waals surface area contributed by atoms with E-state index in [4.69, 9.17) is 9.47 Å². The lowest BCUT2D eigenvalue weighted by Gasteiger charge is -2.32. The minimum atomic E-state index is -0.431. The number of unbranched alkanes of at least 4 members (excludes halogenated alkanes) is 1. The summed E-state index contributed by atoms with van der Waals surface area (Å²) in [4.78, 5) is 0. The van der Waals surface area contributed by atoms with Crippen molar-refractivity contribution in [1.29, 1.82) is 0 Å². The zero-order valence-corrected chi connectivity index (χ0v) is 20.4. The molecule has 0 aliphatic heterocycles. The normalized spacial score (nSPS) is 14.7. The molecule has 0 heterocycles. The maximum atomic E-state index is 9.87. The van der Waals surface area contributed by atoms with E-state index in [2.05, 4.69) is 73.6 Å². The third-order valence-corrected chi connectivity index (χ3v) is 6.93. The first-order chi connectivity index (χ1) is 13.6. The lowest BCUT2D eigenvalue weighted by atomic mass is 9.76. The van der Waals surface area contributed by atoms with E-state index in [1.165, 1.54) is 11.1 Å². The zero-order valence-electron chi connectivity index (χ0n) is 20.4. The van der Waals surface area contributed by atoms with Crippen LogP contribution in [-0.4, -0.2) is 30.5 Å². The summed E-state index contributed by atoms with van der Waals surface area (Å²) in [5.74, 6) is 0.954. The van der Waals surface area contributed by atoms with Crippen molar-refractivity contribution in [3.05, 3.63) is 29.3 Å². The third-order valence-electron chi connectivity index (χ3n) is 6.93. The van der Waals surface area contributed by atoms with Gasteiger partial charge in [0.15, 0.2) is 0 Å². The van der Waals surface area contributed by atoms with Gasteiger partial charge in [-0.25, -0.2) is 0 Å². The summed E-state index contributed by atoms with van der Waals surface area (Å²) in [7, 11) is 0. The molecule has 0 aromatic heterocycles. The Bertz CT molecular complexity index is 600. The molecule has 0 bridgehead atoms. The highest BCUT2D eigenvalue weighted by Crippen LogP contribution is 2.38. The fourth-order valence-corrected chi connectivity index (χ4v) is 3.50. The molecule has 1 atom stereocenters. The van der Waals surface area contributed by atoms with Crippen LogP contribution in [0.15, 0.2) is 18.2 Å². The Hall–Kier alpha value is -1.06. The highest BCUT2D eigenvalue weighted by atomic mass is 16.5. The van der Waals surface area contributed by atoms with Gasteiger partial charge in [0.1, 0.15) is 12.4 Å². The zero-order chi connectivity index (χ0) is 22.1. The van der Waals surface area contributed by atoms with Crippen molar-refractivity contribution in [1.82, 2.24) is 0 Å². The Morgan fingerprint density at radius 1 is 0.862 bits per heavy atom. The van der Waals surface area contributed by atoms with Crippen molar-refractivity contribution in [3.63, 3.8) is 0 Å². The van der Waals surface area contributed by atoms with E-state index in [1.807, 2.05) is 0 Å². The molecule has 1 N–H and O–H groups in total. The maximum Gasteiger partial charge on any atom is 0.123 e. The molecule has 0 saturated carbocycles. The molecule has 0 fully saturated rings. The van der Waals surface area contributed by atoms with Crippen LogP contribution in [0.3, 0.4) is 0 Å². The number of ether oxygens (including phenoxy) is 2. The van der Waals surface area contributed by atoms with Crippen LogP contribution in [0.1, 0.15) is 105 Å². The molecule has 0 aliphatic rings. The summed E-state index contributed by atoms with van der Waals surface area (Å²) in [5, 5.41) is 9.87. The van der Waals surface area contributed by atoms with Crippen LogP contribution in [-0.2, 0) is 15.6 Å². The van der Waals surface area contributed by atoms with Crippen molar-refractivity contribution in [2.75, 3.05) is 19.8 Å². The number of aliphatic hydroxyl groups excluding tert-OH is 1. The van der Waals surface area contributed by atoms with Gasteiger partial charge in [0.25, 0.3) is 0 Å². The Kier molecular flexibility index (Phi) is 10.2. The minimum absolute atomic E-state index is 0.0510. The van der Waals surface area contributed by atoms with Crippen LogP contribution >= 0.6 is 0 Å². The molecule has 29 heavy (non-hydrogen) atoms. The fourth-order valence-electron chi connectivity index (χ4n) is 3.50. The minimum Gasteiger partial charge on any atom is -0.491 e. The number of rotatable bonds is 14. The molecule has 0 amide bonds. The number of hydrogen-bond acceptors (Lipinski definition) is 3. The second kappa shape index (κ2) is 11.4. The van der Waals surface area contributed by atoms with Gasteiger partial charge in [0.2, 0.25) is 0 Å². The van der Waals surface area contributed by atoms with E-state index in [0.29, 0.717) is 13.2 Å². The van der Waals surface area contributed by atoms with Gasteiger partial charge in [-0.1, -0.05) is 80.4 Å². The second-order valence-corrected chi connectivity index (χ2v) is 9.68. The predicted octanol–water partition coefficient (Wildman–Crippen LogP) is 6.79. The van der Waals surface area contributed by atoms with Crippen molar-refractivity contribution < 1.29 is 14.6 Å². The Labute approximate surface area is 180 Å². The average molecular weight is 407 g/mol. The van der Waals surface area contributed by atoms with Gasteiger partial charge in [0.05, 0.1) is 18.8 Å². The van der Waals surface area contributed by atoms with E-state index in [9.17, 15) is 5.11 Å².